The van der Waals surface area contributed by atoms with Gasteiger partial charge in [-0.2, -0.15) is 0 Å². The molecular weight excluding hydrogens is 430 g/mol. The van der Waals surface area contributed by atoms with Crippen LogP contribution in [0.3, 0.4) is 0 Å². The number of amidine groups is 1. The van der Waals surface area contributed by atoms with Crippen molar-refractivity contribution in [1.29, 1.82) is 0 Å². The number of aliphatic imine (C=N–C) groups is 1. The molecule has 164 valence electrons. The van der Waals surface area contributed by atoms with Crippen molar-refractivity contribution in [2.24, 2.45) is 4.99 Å². The monoisotopic (exact) mass is 457 g/mol. The molecule has 2 heterocycles. The third-order valence-electron chi connectivity index (χ3n) is 5.72. The molecule has 0 bridgehead atoms. The van der Waals surface area contributed by atoms with Crippen LogP contribution in [-0.4, -0.2) is 48.8 Å². The Morgan fingerprint density at radius 1 is 1.19 bits per heavy atom. The van der Waals surface area contributed by atoms with Gasteiger partial charge in [-0.3, -0.25) is 9.79 Å². The normalized spacial score (nSPS) is 21.6. The minimum absolute atomic E-state index is 0.0687. The zero-order valence-corrected chi connectivity index (χ0v) is 19.6. The van der Waals surface area contributed by atoms with Gasteiger partial charge in [0.2, 0.25) is 5.91 Å². The first-order valence-electron chi connectivity index (χ1n) is 10.4. The van der Waals surface area contributed by atoms with Crippen molar-refractivity contribution in [2.45, 2.75) is 39.3 Å². The second-order valence-corrected chi connectivity index (χ2v) is 11.2. The molecule has 0 aliphatic carbocycles. The smallest absolute Gasteiger partial charge is 0.234 e. The number of aryl methyl sites for hydroxylation is 3. The van der Waals surface area contributed by atoms with E-state index in [1.807, 2.05) is 55.1 Å². The molecule has 2 atom stereocenters. The van der Waals surface area contributed by atoms with Crippen molar-refractivity contribution in [3.63, 3.8) is 0 Å². The first-order valence-corrected chi connectivity index (χ1v) is 13.2. The molecule has 2 aromatic rings. The van der Waals surface area contributed by atoms with E-state index >= 15 is 0 Å². The SMILES string of the molecule is CCc1ccccc1NC(=O)CSC1=N[C@@H]2CS(=O)(=O)C[C@@H]2N1c1ccc(C)cc1C. The fourth-order valence-electron chi connectivity index (χ4n) is 4.26. The number of nitrogens with one attached hydrogen (secondary N) is 1. The quantitative estimate of drug-likeness (QED) is 0.743. The van der Waals surface area contributed by atoms with Gasteiger partial charge in [0, 0.05) is 11.4 Å². The highest BCUT2D eigenvalue weighted by Crippen LogP contribution is 2.36. The molecule has 1 fully saturated rings. The summed E-state index contributed by atoms with van der Waals surface area (Å²) in [5, 5.41) is 3.71. The summed E-state index contributed by atoms with van der Waals surface area (Å²) in [6, 6.07) is 13.4. The number of thioether (sulfide) groups is 1. The van der Waals surface area contributed by atoms with E-state index in [1.165, 1.54) is 11.8 Å². The van der Waals surface area contributed by atoms with Crippen LogP contribution in [0.2, 0.25) is 0 Å². The molecule has 0 saturated carbocycles. The molecule has 4 rings (SSSR count). The highest BCUT2D eigenvalue weighted by Gasteiger charge is 2.47. The predicted molar refractivity (Wildman–Crippen MR) is 129 cm³/mol. The molecule has 0 spiro atoms. The maximum absolute atomic E-state index is 12.6. The van der Waals surface area contributed by atoms with Crippen LogP contribution in [0.25, 0.3) is 0 Å². The van der Waals surface area contributed by atoms with Crippen molar-refractivity contribution in [2.75, 3.05) is 27.5 Å². The molecule has 8 heteroatoms. The predicted octanol–water partition coefficient (Wildman–Crippen LogP) is 3.58. The lowest BCUT2D eigenvalue weighted by atomic mass is 10.1. The number of hydrogen-bond donors (Lipinski definition) is 1. The zero-order chi connectivity index (χ0) is 22.2. The first kappa shape index (κ1) is 21.9. The molecule has 1 saturated heterocycles. The standard InChI is InChI=1S/C23H27N3O3S2/c1-4-17-7-5-6-8-18(17)24-22(27)12-30-23-25-19-13-31(28,29)14-21(19)26(23)20-10-9-15(2)11-16(20)3/h5-11,19,21H,4,12-14H2,1-3H3,(H,24,27)/t19-,21+/m1/s1. The van der Waals surface area contributed by atoms with Crippen molar-refractivity contribution in [3.8, 4) is 0 Å². The van der Waals surface area contributed by atoms with Crippen LogP contribution < -0.4 is 10.2 Å². The molecule has 2 aliphatic heterocycles. The molecule has 0 unspecified atom stereocenters. The molecule has 2 aliphatic rings. The van der Waals surface area contributed by atoms with Gasteiger partial charge in [-0.25, -0.2) is 8.42 Å². The number of carbonyl (C=O) groups is 1. The number of nitrogens with zero attached hydrogens (tertiary/aromatic N) is 2. The first-order chi connectivity index (χ1) is 14.8. The van der Waals surface area contributed by atoms with Crippen molar-refractivity contribution in [3.05, 3.63) is 59.2 Å². The van der Waals surface area contributed by atoms with E-state index < -0.39 is 9.84 Å². The fraction of sp³-hybridized carbons (Fsp3) is 0.391. The lowest BCUT2D eigenvalue weighted by molar-refractivity contribution is -0.113. The summed E-state index contributed by atoms with van der Waals surface area (Å²) in [5.41, 5.74) is 5.10. The van der Waals surface area contributed by atoms with Crippen LogP contribution in [0.4, 0.5) is 11.4 Å². The Hall–Kier alpha value is -2.32. The molecule has 0 aromatic heterocycles. The summed E-state index contributed by atoms with van der Waals surface area (Å²) in [5.74, 6) is 0.275. The highest BCUT2D eigenvalue weighted by atomic mass is 32.2. The largest absolute Gasteiger partial charge is 0.325 e. The number of amides is 1. The summed E-state index contributed by atoms with van der Waals surface area (Å²) >= 11 is 1.37. The van der Waals surface area contributed by atoms with Gasteiger partial charge in [0.1, 0.15) is 0 Å². The number of rotatable bonds is 5. The Labute approximate surface area is 188 Å². The van der Waals surface area contributed by atoms with Gasteiger partial charge in [-0.05, 0) is 43.5 Å². The van der Waals surface area contributed by atoms with E-state index in [0.717, 1.165) is 39.7 Å². The Morgan fingerprint density at radius 3 is 2.71 bits per heavy atom. The highest BCUT2D eigenvalue weighted by molar-refractivity contribution is 8.14. The van der Waals surface area contributed by atoms with Gasteiger partial charge in [0.15, 0.2) is 15.0 Å². The van der Waals surface area contributed by atoms with Crippen molar-refractivity contribution in [1.82, 2.24) is 0 Å². The van der Waals surface area contributed by atoms with Gasteiger partial charge < -0.3 is 10.2 Å². The van der Waals surface area contributed by atoms with E-state index in [2.05, 4.69) is 18.3 Å². The lowest BCUT2D eigenvalue weighted by Crippen LogP contribution is -2.39. The molecule has 6 nitrogen and oxygen atoms in total. The van der Waals surface area contributed by atoms with Crippen LogP contribution in [0, 0.1) is 13.8 Å². The summed E-state index contributed by atoms with van der Waals surface area (Å²) in [6.45, 7) is 6.11. The van der Waals surface area contributed by atoms with E-state index in [-0.39, 0.29) is 35.2 Å². The third-order valence-corrected chi connectivity index (χ3v) is 8.39. The Balaban J connectivity index is 1.53. The number of anilines is 2. The van der Waals surface area contributed by atoms with Crippen LogP contribution in [0.15, 0.2) is 47.5 Å². The van der Waals surface area contributed by atoms with E-state index in [0.29, 0.717) is 0 Å². The van der Waals surface area contributed by atoms with Crippen molar-refractivity contribution >= 4 is 44.0 Å². The molecule has 2 aromatic carbocycles. The summed E-state index contributed by atoms with van der Waals surface area (Å²) in [7, 11) is -3.11. The molecule has 1 N–H and O–H groups in total. The van der Waals surface area contributed by atoms with Gasteiger partial charge in [0.05, 0.1) is 29.3 Å². The van der Waals surface area contributed by atoms with Crippen LogP contribution in [0.5, 0.6) is 0 Å². The molecule has 0 radical (unpaired) electrons. The number of benzene rings is 2. The second kappa shape index (κ2) is 8.67. The third kappa shape index (κ3) is 4.65. The van der Waals surface area contributed by atoms with Gasteiger partial charge in [-0.15, -0.1) is 0 Å². The average Bonchev–Trinajstić information content (AvgIpc) is 3.18. The minimum atomic E-state index is -3.11. The van der Waals surface area contributed by atoms with Crippen molar-refractivity contribution < 1.29 is 13.2 Å². The number of fused-ring (bicyclic) bond motifs is 1. The van der Waals surface area contributed by atoms with Crippen LogP contribution in [0.1, 0.15) is 23.6 Å². The molecular formula is C23H27N3O3S2. The number of para-hydroxylation sites is 1. The minimum Gasteiger partial charge on any atom is -0.325 e. The lowest BCUT2D eigenvalue weighted by Gasteiger charge is -2.28. The van der Waals surface area contributed by atoms with Gasteiger partial charge >= 0.3 is 0 Å². The van der Waals surface area contributed by atoms with E-state index in [9.17, 15) is 13.2 Å². The van der Waals surface area contributed by atoms with Crippen LogP contribution in [-0.2, 0) is 21.1 Å². The molecule has 1 amide bonds. The number of hydrogen-bond acceptors (Lipinski definition) is 6. The number of sulfone groups is 1. The maximum Gasteiger partial charge on any atom is 0.234 e. The topological polar surface area (TPSA) is 78.8 Å². The van der Waals surface area contributed by atoms with Crippen LogP contribution >= 0.6 is 11.8 Å². The maximum atomic E-state index is 12.6. The summed E-state index contributed by atoms with van der Waals surface area (Å²) < 4.78 is 24.5. The Kier molecular flexibility index (Phi) is 6.12. The van der Waals surface area contributed by atoms with Gasteiger partial charge in [0.25, 0.3) is 0 Å². The van der Waals surface area contributed by atoms with E-state index in [1.54, 1.807) is 0 Å². The zero-order valence-electron chi connectivity index (χ0n) is 18.0. The summed E-state index contributed by atoms with van der Waals surface area (Å²) in [6.07, 6.45) is 0.842. The molecule has 31 heavy (non-hydrogen) atoms. The second-order valence-electron chi connectivity index (χ2n) is 8.13. The van der Waals surface area contributed by atoms with E-state index in [4.69, 9.17) is 4.99 Å². The Bertz CT molecular complexity index is 1140. The average molecular weight is 458 g/mol. The Morgan fingerprint density at radius 2 is 1.97 bits per heavy atom. The summed E-state index contributed by atoms with van der Waals surface area (Å²) in [4.78, 5) is 19.4. The fourth-order valence-corrected chi connectivity index (χ4v) is 7.02. The van der Waals surface area contributed by atoms with Gasteiger partial charge in [-0.1, -0.05) is 54.6 Å². The number of carbonyl (C=O) groups excluding carboxylic acids is 1.